The van der Waals surface area contributed by atoms with Gasteiger partial charge in [-0.25, -0.2) is 44.9 Å². The van der Waals surface area contributed by atoms with E-state index in [0.717, 1.165) is 5.56 Å². The molecule has 420 valence electrons. The minimum atomic E-state index is -4.16. The number of hydrogen-bond acceptors (Lipinski definition) is 25. The second kappa shape index (κ2) is 29.3. The maximum atomic E-state index is 12.4. The van der Waals surface area contributed by atoms with E-state index in [1.54, 1.807) is 75.5 Å². The van der Waals surface area contributed by atoms with Gasteiger partial charge in [0, 0.05) is 0 Å². The Balaban J connectivity index is 0.000000222. The summed E-state index contributed by atoms with van der Waals surface area (Å²) in [6, 6.07) is 6.16. The highest BCUT2D eigenvalue weighted by Crippen LogP contribution is 2.49. The van der Waals surface area contributed by atoms with E-state index in [9.17, 15) is 27.2 Å². The molecule has 0 aliphatic rings. The van der Waals surface area contributed by atoms with Gasteiger partial charge in [0.1, 0.15) is 48.2 Å². The van der Waals surface area contributed by atoms with Crippen molar-refractivity contribution >= 4 is 83.9 Å². The number of aromatic nitrogens is 12. The number of aliphatic hydroxyl groups is 1. The lowest BCUT2D eigenvalue weighted by atomic mass is 10.2. The molecule has 0 aliphatic heterocycles. The minimum Gasteiger partial charge on any atom is -0.392 e. The molecular weight excluding hydrogens is 1080 g/mol. The fraction of sp³-hybridized carbons (Fsp3) is 0.500. The van der Waals surface area contributed by atoms with Crippen molar-refractivity contribution < 1.29 is 68.8 Å². The first-order chi connectivity index (χ1) is 35.9. The molecule has 0 saturated carbocycles. The molecular formula is C42H66N15O15P3S. The Labute approximate surface area is 438 Å². The quantitative estimate of drug-likeness (QED) is 0.0353. The first kappa shape index (κ1) is 63.0. The molecule has 0 amide bonds. The number of imidazole rings is 3. The third-order valence-corrected chi connectivity index (χ3v) is 15.1. The number of fused-ring (bicyclic) bond motifs is 3. The van der Waals surface area contributed by atoms with Crippen LogP contribution in [-0.2, 0) is 75.2 Å². The van der Waals surface area contributed by atoms with Crippen molar-refractivity contribution in [3.8, 4) is 0 Å². The highest BCUT2D eigenvalue weighted by Gasteiger charge is 2.29. The first-order valence-electron chi connectivity index (χ1n) is 23.3. The van der Waals surface area contributed by atoms with Crippen LogP contribution in [0.25, 0.3) is 33.5 Å². The molecule has 7 rings (SSSR count). The van der Waals surface area contributed by atoms with Gasteiger partial charge in [-0.1, -0.05) is 17.7 Å². The lowest BCUT2D eigenvalue weighted by Gasteiger charge is -2.20. The molecule has 0 aliphatic carbocycles. The molecule has 0 bridgehead atoms. The summed E-state index contributed by atoms with van der Waals surface area (Å²) < 4.78 is 100. The molecule has 0 radical (unpaired) electrons. The average molecular weight is 1150 g/mol. The zero-order valence-electron chi connectivity index (χ0n) is 43.2. The number of rotatable bonds is 24. The van der Waals surface area contributed by atoms with Crippen LogP contribution < -0.4 is 17.2 Å². The van der Waals surface area contributed by atoms with Crippen molar-refractivity contribution in [1.29, 1.82) is 0 Å². The number of ether oxygens (including phenoxy) is 2. The van der Waals surface area contributed by atoms with E-state index in [2.05, 4.69) is 44.9 Å². The number of aryl methyl sites for hydroxylation is 1. The number of nitrogens with two attached hydrogens (primary N) is 3. The predicted molar refractivity (Wildman–Crippen MR) is 280 cm³/mol. The molecule has 9 N–H and O–H groups in total. The summed E-state index contributed by atoms with van der Waals surface area (Å²) in [5, 5.41) is 9.23. The molecule has 0 saturated heterocycles. The Morgan fingerprint density at radius 2 is 0.908 bits per heavy atom. The van der Waals surface area contributed by atoms with Crippen molar-refractivity contribution in [2.24, 2.45) is 0 Å². The number of hydrogen-bond donors (Lipinski definition) is 6. The van der Waals surface area contributed by atoms with Gasteiger partial charge in [-0.05, 0) is 67.5 Å². The summed E-state index contributed by atoms with van der Waals surface area (Å²) in [5.41, 5.74) is 21.4. The van der Waals surface area contributed by atoms with E-state index >= 15 is 0 Å². The zero-order valence-corrected chi connectivity index (χ0v) is 46.7. The fourth-order valence-electron chi connectivity index (χ4n) is 6.40. The van der Waals surface area contributed by atoms with Crippen LogP contribution in [0.3, 0.4) is 0 Å². The van der Waals surface area contributed by atoms with Crippen LogP contribution in [0.1, 0.15) is 54.0 Å². The Morgan fingerprint density at radius 1 is 0.553 bits per heavy atom. The van der Waals surface area contributed by atoms with Gasteiger partial charge in [-0.2, -0.15) is 8.42 Å². The van der Waals surface area contributed by atoms with Gasteiger partial charge in [0.05, 0.1) is 88.3 Å². The third kappa shape index (κ3) is 19.5. The second-order valence-corrected chi connectivity index (χ2v) is 23.3. The lowest BCUT2D eigenvalue weighted by Crippen LogP contribution is -2.18. The van der Waals surface area contributed by atoms with Crippen molar-refractivity contribution in [3.63, 3.8) is 0 Å². The lowest BCUT2D eigenvalue weighted by molar-refractivity contribution is 0.0672. The minimum absolute atomic E-state index is 0.00245. The van der Waals surface area contributed by atoms with Gasteiger partial charge in [0.15, 0.2) is 40.7 Å². The maximum absolute atomic E-state index is 12.4. The number of nitrogens with zero attached hydrogens (tertiary/aromatic N) is 12. The van der Waals surface area contributed by atoms with E-state index in [4.69, 9.17) is 58.7 Å². The normalized spacial score (nSPS) is 13.3. The van der Waals surface area contributed by atoms with Crippen LogP contribution in [0.15, 0.2) is 67.1 Å². The summed E-state index contributed by atoms with van der Waals surface area (Å²) in [6.07, 6.45) is 6.44. The number of nitrogen functional groups attached to an aromatic ring is 3. The first-order valence-corrected chi connectivity index (χ1v) is 29.9. The van der Waals surface area contributed by atoms with Gasteiger partial charge in [-0.3, -0.25) is 17.9 Å². The van der Waals surface area contributed by atoms with Crippen molar-refractivity contribution in [2.45, 2.75) is 98.2 Å². The molecule has 6 aromatic heterocycles. The largest absolute Gasteiger partial charge is 0.392 e. The number of aliphatic hydroxyl groups excluding tert-OH is 1. The van der Waals surface area contributed by atoms with Crippen LogP contribution in [0, 0.1) is 6.92 Å². The molecule has 6 heterocycles. The highest BCUT2D eigenvalue weighted by atomic mass is 32.2. The molecule has 76 heavy (non-hydrogen) atoms. The summed E-state index contributed by atoms with van der Waals surface area (Å²) in [6.45, 7) is 16.1. The van der Waals surface area contributed by atoms with Gasteiger partial charge in [0.2, 0.25) is 0 Å². The van der Waals surface area contributed by atoms with E-state index in [0.29, 0.717) is 78.0 Å². The topological polar surface area (TPSA) is 420 Å². The summed E-state index contributed by atoms with van der Waals surface area (Å²) in [7, 11) is -14.9. The standard InChI is InChI=1S/C13H22N5O4P.C12H19O6PS.C9H14N5O4P.C8H11N5O/c1-4-21-23(19,22-5-2)9-20-10(3)6-18-8-17-11-12(14)15-7-16-13(11)18;1-4-16-19(13,17-5-2)10-18-20(14,15)12-8-6-11(3)7-9-12;1-6(18-5-19(15,16)17)2-14-4-13-7-8(10)11-3-12-9(7)14;1-5(14)2-13-4-12-6-7(9)10-3-11-8(6)13/h7-8,10H,4-6,9H2,1-3H3,(H2,14,15,16);6-9H,4-5,10H2,1-3H3;3-4,6H,2,5H2,1H3,(H2,10,11,12)(H2,15,16,17);3-5,14H,2H2,1H3,(H2,9,10,11)/t;;6-;5-/m..11/s1. The summed E-state index contributed by atoms with van der Waals surface area (Å²) in [5.74, 6) is 0.978. The Kier molecular flexibility index (Phi) is 24.3. The van der Waals surface area contributed by atoms with Crippen LogP contribution in [0.4, 0.5) is 17.5 Å². The molecule has 1 unspecified atom stereocenters. The van der Waals surface area contributed by atoms with E-state index < -0.39 is 57.8 Å². The van der Waals surface area contributed by atoms with Crippen molar-refractivity contribution in [2.75, 3.05) is 62.7 Å². The van der Waals surface area contributed by atoms with Crippen LogP contribution in [0.5, 0.6) is 0 Å². The molecule has 30 nitrogen and oxygen atoms in total. The van der Waals surface area contributed by atoms with E-state index in [-0.39, 0.29) is 36.4 Å². The predicted octanol–water partition coefficient (Wildman–Crippen LogP) is 4.70. The van der Waals surface area contributed by atoms with E-state index in [1.807, 2.05) is 18.4 Å². The fourth-order valence-corrected chi connectivity index (χ4v) is 11.0. The highest BCUT2D eigenvalue weighted by molar-refractivity contribution is 7.87. The van der Waals surface area contributed by atoms with Crippen molar-refractivity contribution in [1.82, 2.24) is 58.6 Å². The van der Waals surface area contributed by atoms with Gasteiger partial charge in [-0.15, -0.1) is 0 Å². The smallest absolute Gasteiger partial charge is 0.357 e. The van der Waals surface area contributed by atoms with Gasteiger partial charge < -0.3 is 73.4 Å². The summed E-state index contributed by atoms with van der Waals surface area (Å²) in [4.78, 5) is 53.7. The Morgan fingerprint density at radius 3 is 1.26 bits per heavy atom. The van der Waals surface area contributed by atoms with E-state index in [1.165, 1.54) is 37.4 Å². The number of benzene rings is 1. The molecule has 1 aromatic carbocycles. The monoisotopic (exact) mass is 1150 g/mol. The number of anilines is 3. The molecule has 7 aromatic rings. The van der Waals surface area contributed by atoms with Crippen LogP contribution in [0.2, 0.25) is 0 Å². The summed E-state index contributed by atoms with van der Waals surface area (Å²) >= 11 is 0. The van der Waals surface area contributed by atoms with Crippen LogP contribution >= 0.6 is 22.8 Å². The second-order valence-electron chi connectivity index (χ2n) is 16.1. The molecule has 0 fully saturated rings. The average Bonchev–Trinajstić information content (AvgIpc) is 4.09. The zero-order chi connectivity index (χ0) is 56.3. The SMILES string of the molecule is CCOP(=O)(COC(C)Cn1cnc2c(N)ncnc21)OCC.CCOP(=O)(COS(=O)(=O)c1ccc(C)cc1)OCC.C[C@@H](O)Cn1cnc2c(N)ncnc21.C[C@H](Cn1cnc2c(N)ncnc21)OCP(=O)(O)O. The molecule has 34 heteroatoms. The maximum Gasteiger partial charge on any atom is 0.357 e. The van der Waals surface area contributed by atoms with Crippen molar-refractivity contribution in [3.05, 3.63) is 67.8 Å². The van der Waals surface area contributed by atoms with Crippen LogP contribution in [-0.4, -0.2) is 146 Å². The Hall–Kier alpha value is -5.49. The molecule has 3 atom stereocenters. The van der Waals surface area contributed by atoms with Gasteiger partial charge in [0.25, 0.3) is 10.1 Å². The van der Waals surface area contributed by atoms with Gasteiger partial charge >= 0.3 is 22.8 Å². The Bertz CT molecular complexity index is 3160. The molecule has 0 spiro atoms. The third-order valence-electron chi connectivity index (χ3n) is 9.68.